The number of nitrogens with zero attached hydrogens (tertiary/aromatic N) is 4. The molecule has 0 atom stereocenters. The van der Waals surface area contributed by atoms with E-state index in [9.17, 15) is 0 Å². The van der Waals surface area contributed by atoms with Gasteiger partial charge in [-0.1, -0.05) is 37.7 Å². The fourth-order valence-electron chi connectivity index (χ4n) is 1.51. The summed E-state index contributed by atoms with van der Waals surface area (Å²) in [6, 6.07) is 3.52. The number of rotatable bonds is 4. The smallest absolute Gasteiger partial charge is 0.284 e. The Morgan fingerprint density at radius 1 is 1.24 bits per heavy atom. The summed E-state index contributed by atoms with van der Waals surface area (Å²) in [4.78, 5) is 4.35. The summed E-state index contributed by atoms with van der Waals surface area (Å²) in [7, 11) is 0. The molecule has 0 spiro atoms. The van der Waals surface area contributed by atoms with Gasteiger partial charge in [0.25, 0.3) is 11.1 Å². The van der Waals surface area contributed by atoms with Gasteiger partial charge < -0.3 is 13.4 Å². The Balaban J connectivity index is 1.64. The Hall–Kier alpha value is -2.09. The first-order chi connectivity index (χ1) is 10.0. The quantitative estimate of drug-likeness (QED) is 0.678. The Morgan fingerprint density at radius 2 is 2.10 bits per heavy atom. The second-order valence-corrected chi connectivity index (χ2v) is 6.33. The van der Waals surface area contributed by atoms with Crippen LogP contribution >= 0.6 is 11.8 Å². The summed E-state index contributed by atoms with van der Waals surface area (Å²) in [6.45, 7) is 6.06. The van der Waals surface area contributed by atoms with Gasteiger partial charge in [-0.25, -0.2) is 0 Å². The topological polar surface area (TPSA) is 91.0 Å². The molecule has 0 N–H and O–H groups in total. The molecule has 0 amide bonds. The third kappa shape index (κ3) is 3.15. The molecular weight excluding hydrogens is 292 g/mol. The first kappa shape index (κ1) is 13.9. The van der Waals surface area contributed by atoms with Crippen LogP contribution < -0.4 is 0 Å². The zero-order valence-corrected chi connectivity index (χ0v) is 12.7. The van der Waals surface area contributed by atoms with E-state index in [1.807, 2.05) is 20.8 Å². The molecule has 3 aromatic rings. The Morgan fingerprint density at radius 3 is 2.76 bits per heavy atom. The monoisotopic (exact) mass is 306 g/mol. The van der Waals surface area contributed by atoms with Gasteiger partial charge in [0.2, 0.25) is 5.89 Å². The maximum Gasteiger partial charge on any atom is 0.284 e. The summed E-state index contributed by atoms with van der Waals surface area (Å²) < 4.78 is 15.9. The molecule has 0 aliphatic carbocycles. The van der Waals surface area contributed by atoms with Crippen LogP contribution in [0.15, 0.2) is 37.0 Å². The van der Waals surface area contributed by atoms with Gasteiger partial charge in [-0.2, -0.15) is 4.98 Å². The van der Waals surface area contributed by atoms with E-state index in [0.717, 1.165) is 0 Å². The summed E-state index contributed by atoms with van der Waals surface area (Å²) in [5.74, 6) is 2.61. The van der Waals surface area contributed by atoms with Crippen LogP contribution in [0.5, 0.6) is 0 Å². The maximum absolute atomic E-state index is 5.48. The molecule has 0 unspecified atom stereocenters. The zero-order valence-electron chi connectivity index (χ0n) is 11.9. The lowest BCUT2D eigenvalue weighted by Gasteiger charge is -2.10. The number of aromatic nitrogens is 4. The molecule has 0 radical (unpaired) electrons. The first-order valence-electron chi connectivity index (χ1n) is 6.35. The second kappa shape index (κ2) is 5.36. The van der Waals surface area contributed by atoms with E-state index in [2.05, 4.69) is 20.3 Å². The van der Waals surface area contributed by atoms with Crippen molar-refractivity contribution in [3.63, 3.8) is 0 Å². The molecule has 7 nitrogen and oxygen atoms in total. The van der Waals surface area contributed by atoms with Crippen molar-refractivity contribution >= 4 is 11.8 Å². The fraction of sp³-hybridized carbons (Fsp3) is 0.385. The van der Waals surface area contributed by atoms with E-state index in [0.29, 0.717) is 34.3 Å². The second-order valence-electron chi connectivity index (χ2n) is 5.40. The van der Waals surface area contributed by atoms with Crippen molar-refractivity contribution in [3.8, 4) is 11.7 Å². The third-order valence-corrected chi connectivity index (χ3v) is 3.39. The van der Waals surface area contributed by atoms with Crippen LogP contribution in [0.25, 0.3) is 11.7 Å². The molecule has 0 saturated carbocycles. The van der Waals surface area contributed by atoms with Gasteiger partial charge in [-0.05, 0) is 12.1 Å². The SMILES string of the molecule is CC(C)(C)c1nc(CSc2nnc(-c3ccco3)o2)no1. The van der Waals surface area contributed by atoms with Gasteiger partial charge in [-0.3, -0.25) is 0 Å². The molecule has 0 aromatic carbocycles. The van der Waals surface area contributed by atoms with Crippen molar-refractivity contribution in [3.05, 3.63) is 30.1 Å². The largest absolute Gasteiger partial charge is 0.459 e. The summed E-state index contributed by atoms with van der Waals surface area (Å²) in [5.41, 5.74) is -0.160. The fourth-order valence-corrected chi connectivity index (χ4v) is 2.12. The van der Waals surface area contributed by atoms with Crippen LogP contribution in [-0.2, 0) is 11.2 Å². The molecular formula is C13H14N4O3S. The molecule has 3 rings (SSSR count). The normalized spacial score (nSPS) is 12.0. The lowest BCUT2D eigenvalue weighted by molar-refractivity contribution is 0.319. The lowest BCUT2D eigenvalue weighted by Crippen LogP contribution is -2.11. The first-order valence-corrected chi connectivity index (χ1v) is 7.34. The molecule has 0 bridgehead atoms. The molecule has 8 heteroatoms. The minimum atomic E-state index is -0.160. The lowest BCUT2D eigenvalue weighted by atomic mass is 9.97. The minimum Gasteiger partial charge on any atom is -0.459 e. The number of furan rings is 1. The van der Waals surface area contributed by atoms with Gasteiger partial charge in [-0.15, -0.1) is 10.2 Å². The minimum absolute atomic E-state index is 0.160. The van der Waals surface area contributed by atoms with Gasteiger partial charge in [0.15, 0.2) is 11.6 Å². The van der Waals surface area contributed by atoms with Crippen LogP contribution in [0, 0.1) is 0 Å². The van der Waals surface area contributed by atoms with Crippen LogP contribution in [-0.4, -0.2) is 20.3 Å². The van der Waals surface area contributed by atoms with Crippen LogP contribution in [0.2, 0.25) is 0 Å². The van der Waals surface area contributed by atoms with Crippen LogP contribution in [0.4, 0.5) is 0 Å². The van der Waals surface area contributed by atoms with Crippen LogP contribution in [0.3, 0.4) is 0 Å². The molecule has 21 heavy (non-hydrogen) atoms. The van der Waals surface area contributed by atoms with Crippen molar-refractivity contribution in [2.24, 2.45) is 0 Å². The summed E-state index contributed by atoms with van der Waals surface area (Å²) in [6.07, 6.45) is 1.56. The highest BCUT2D eigenvalue weighted by atomic mass is 32.2. The molecule has 3 aromatic heterocycles. The van der Waals surface area contributed by atoms with Crippen molar-refractivity contribution in [2.75, 3.05) is 0 Å². The molecule has 0 aliphatic rings. The predicted molar refractivity (Wildman–Crippen MR) is 74.6 cm³/mol. The van der Waals surface area contributed by atoms with E-state index in [1.165, 1.54) is 11.8 Å². The molecule has 0 fully saturated rings. The van der Waals surface area contributed by atoms with Crippen LogP contribution in [0.1, 0.15) is 32.5 Å². The highest BCUT2D eigenvalue weighted by molar-refractivity contribution is 7.98. The summed E-state index contributed by atoms with van der Waals surface area (Å²) in [5, 5.41) is 12.2. The average molecular weight is 306 g/mol. The van der Waals surface area contributed by atoms with E-state index >= 15 is 0 Å². The highest BCUT2D eigenvalue weighted by Gasteiger charge is 2.22. The van der Waals surface area contributed by atoms with Gasteiger partial charge in [0, 0.05) is 5.41 Å². The standard InChI is InChI=1S/C13H14N4O3S/c1-13(2,3)11-14-9(17-20-11)7-21-12-16-15-10(19-12)8-5-4-6-18-8/h4-6H,7H2,1-3H3. The van der Waals surface area contributed by atoms with Gasteiger partial charge in [0.1, 0.15) is 0 Å². The van der Waals surface area contributed by atoms with Gasteiger partial charge in [0.05, 0.1) is 12.0 Å². The van der Waals surface area contributed by atoms with Crippen molar-refractivity contribution < 1.29 is 13.4 Å². The Kier molecular flexibility index (Phi) is 3.54. The highest BCUT2D eigenvalue weighted by Crippen LogP contribution is 2.26. The van der Waals surface area contributed by atoms with Gasteiger partial charge >= 0.3 is 0 Å². The van der Waals surface area contributed by atoms with Crippen molar-refractivity contribution in [2.45, 2.75) is 37.2 Å². The van der Waals surface area contributed by atoms with E-state index < -0.39 is 0 Å². The zero-order chi connectivity index (χ0) is 14.9. The Labute approximate surface area is 125 Å². The number of thioether (sulfide) groups is 1. The predicted octanol–water partition coefficient (Wildman–Crippen LogP) is 3.30. The van der Waals surface area contributed by atoms with Crippen molar-refractivity contribution in [1.29, 1.82) is 0 Å². The van der Waals surface area contributed by atoms with E-state index in [-0.39, 0.29) is 5.41 Å². The number of hydrogen-bond acceptors (Lipinski definition) is 8. The molecule has 0 aliphatic heterocycles. The maximum atomic E-state index is 5.48. The van der Waals surface area contributed by atoms with E-state index in [4.69, 9.17) is 13.4 Å². The van der Waals surface area contributed by atoms with E-state index in [1.54, 1.807) is 18.4 Å². The molecule has 110 valence electrons. The Bertz CT molecular complexity index is 712. The third-order valence-electron chi connectivity index (χ3n) is 2.57. The number of hydrogen-bond donors (Lipinski definition) is 0. The van der Waals surface area contributed by atoms with Crippen molar-refractivity contribution in [1.82, 2.24) is 20.3 Å². The summed E-state index contributed by atoms with van der Waals surface area (Å²) >= 11 is 1.35. The molecule has 0 saturated heterocycles. The molecule has 3 heterocycles. The average Bonchev–Trinajstić information content (AvgIpc) is 3.16.